The van der Waals surface area contributed by atoms with Crippen LogP contribution in [0.2, 0.25) is 0 Å². The van der Waals surface area contributed by atoms with E-state index in [1.165, 1.54) is 11.8 Å². The number of nitrogens with zero attached hydrogens (tertiary/aromatic N) is 1. The van der Waals surface area contributed by atoms with Gasteiger partial charge in [-0.2, -0.15) is 0 Å². The molecule has 7 heteroatoms. The highest BCUT2D eigenvalue weighted by atomic mass is 32.2. The Morgan fingerprint density at radius 1 is 1.19 bits per heavy atom. The molecule has 27 heavy (non-hydrogen) atoms. The van der Waals surface area contributed by atoms with Crippen molar-refractivity contribution in [1.82, 2.24) is 0 Å². The number of benzene rings is 2. The number of hydrogen-bond donors (Lipinski definition) is 1. The maximum Gasteiger partial charge on any atom is 0.243 e. The largest absolute Gasteiger partial charge is 0.454 e. The SMILES string of the molecule is CC(=O)c1cc2c(cc1NC(=O)CN1CCCSc3ccccc31)OCO2. The maximum atomic E-state index is 12.7. The average Bonchev–Trinajstić information content (AvgIpc) is 3.01. The normalized spacial score (nSPS) is 15.1. The van der Waals surface area contributed by atoms with Crippen molar-refractivity contribution < 1.29 is 19.1 Å². The number of rotatable bonds is 4. The number of nitrogens with one attached hydrogen (secondary N) is 1. The number of carbonyl (C=O) groups excluding carboxylic acids is 2. The van der Waals surface area contributed by atoms with Crippen LogP contribution in [0.3, 0.4) is 0 Å². The second-order valence-electron chi connectivity index (χ2n) is 6.45. The van der Waals surface area contributed by atoms with Crippen LogP contribution in [0.5, 0.6) is 11.5 Å². The van der Waals surface area contributed by atoms with Gasteiger partial charge < -0.3 is 19.7 Å². The molecule has 2 heterocycles. The first-order valence-corrected chi connectivity index (χ1v) is 9.81. The van der Waals surface area contributed by atoms with E-state index in [1.807, 2.05) is 30.0 Å². The molecule has 6 nitrogen and oxygen atoms in total. The van der Waals surface area contributed by atoms with E-state index in [1.54, 1.807) is 12.1 Å². The molecule has 2 aromatic carbocycles. The molecule has 2 aliphatic heterocycles. The van der Waals surface area contributed by atoms with Crippen molar-refractivity contribution in [2.45, 2.75) is 18.2 Å². The maximum absolute atomic E-state index is 12.7. The number of hydrogen-bond acceptors (Lipinski definition) is 6. The third kappa shape index (κ3) is 3.73. The van der Waals surface area contributed by atoms with Crippen LogP contribution in [0.25, 0.3) is 0 Å². The summed E-state index contributed by atoms with van der Waals surface area (Å²) < 4.78 is 10.7. The zero-order valence-corrected chi connectivity index (χ0v) is 15.8. The highest BCUT2D eigenvalue weighted by molar-refractivity contribution is 7.99. The molecule has 0 atom stereocenters. The van der Waals surface area contributed by atoms with Crippen LogP contribution >= 0.6 is 11.8 Å². The summed E-state index contributed by atoms with van der Waals surface area (Å²) >= 11 is 1.82. The predicted molar refractivity (Wildman–Crippen MR) is 105 cm³/mol. The van der Waals surface area contributed by atoms with E-state index in [0.29, 0.717) is 22.7 Å². The highest BCUT2D eigenvalue weighted by Gasteiger charge is 2.22. The van der Waals surface area contributed by atoms with Crippen LogP contribution in [-0.4, -0.2) is 37.3 Å². The molecule has 0 unspecified atom stereocenters. The fraction of sp³-hybridized carbons (Fsp3) is 0.300. The predicted octanol–water partition coefficient (Wildman–Crippen LogP) is 3.56. The fourth-order valence-electron chi connectivity index (χ4n) is 3.26. The molecule has 0 bridgehead atoms. The lowest BCUT2D eigenvalue weighted by Gasteiger charge is -2.24. The van der Waals surface area contributed by atoms with Crippen LogP contribution in [0, 0.1) is 0 Å². The van der Waals surface area contributed by atoms with Gasteiger partial charge in [0.1, 0.15) is 0 Å². The molecular formula is C20H20N2O4S. The first kappa shape index (κ1) is 17.7. The summed E-state index contributed by atoms with van der Waals surface area (Å²) in [5, 5.41) is 2.88. The van der Waals surface area contributed by atoms with Crippen LogP contribution in [0.1, 0.15) is 23.7 Å². The number of thioether (sulfide) groups is 1. The van der Waals surface area contributed by atoms with Crippen molar-refractivity contribution >= 4 is 34.8 Å². The number of anilines is 2. The van der Waals surface area contributed by atoms with Gasteiger partial charge in [-0.05, 0) is 37.3 Å². The zero-order valence-electron chi connectivity index (χ0n) is 15.0. The molecular weight excluding hydrogens is 364 g/mol. The van der Waals surface area contributed by atoms with E-state index in [0.717, 1.165) is 24.4 Å². The lowest BCUT2D eigenvalue weighted by Crippen LogP contribution is -2.34. The smallest absolute Gasteiger partial charge is 0.243 e. The summed E-state index contributed by atoms with van der Waals surface area (Å²) in [5.41, 5.74) is 1.95. The van der Waals surface area contributed by atoms with Gasteiger partial charge >= 0.3 is 0 Å². The van der Waals surface area contributed by atoms with Gasteiger partial charge in [0.25, 0.3) is 0 Å². The Kier molecular flexibility index (Phi) is 4.94. The minimum Gasteiger partial charge on any atom is -0.454 e. The van der Waals surface area contributed by atoms with Crippen LogP contribution in [0.15, 0.2) is 41.3 Å². The standard InChI is InChI=1S/C20H20N2O4S/c1-13(23)14-9-17-18(26-12-25-17)10-15(14)21-20(24)11-22-7-4-8-27-19-6-3-2-5-16(19)22/h2-3,5-6,9-10H,4,7-8,11-12H2,1H3,(H,21,24). The Bertz CT molecular complexity index is 900. The molecule has 140 valence electrons. The highest BCUT2D eigenvalue weighted by Crippen LogP contribution is 2.37. The summed E-state index contributed by atoms with van der Waals surface area (Å²) in [4.78, 5) is 28.0. The summed E-state index contributed by atoms with van der Waals surface area (Å²) in [6.07, 6.45) is 1.01. The van der Waals surface area contributed by atoms with E-state index in [2.05, 4.69) is 16.3 Å². The van der Waals surface area contributed by atoms with Crippen LogP contribution < -0.4 is 19.7 Å². The third-order valence-electron chi connectivity index (χ3n) is 4.54. The molecule has 0 aliphatic carbocycles. The monoisotopic (exact) mass is 384 g/mol. The van der Waals surface area contributed by atoms with Crippen LogP contribution in [-0.2, 0) is 4.79 Å². The van der Waals surface area contributed by atoms with Crippen molar-refractivity contribution in [1.29, 1.82) is 0 Å². The minimum atomic E-state index is -0.168. The van der Waals surface area contributed by atoms with E-state index >= 15 is 0 Å². The fourth-order valence-corrected chi connectivity index (χ4v) is 4.28. The topological polar surface area (TPSA) is 67.9 Å². The van der Waals surface area contributed by atoms with Crippen molar-refractivity contribution in [3.05, 3.63) is 42.0 Å². The number of amides is 1. The van der Waals surface area contributed by atoms with Crippen molar-refractivity contribution in [3.8, 4) is 11.5 Å². The van der Waals surface area contributed by atoms with Gasteiger partial charge in [0.15, 0.2) is 17.3 Å². The summed E-state index contributed by atoms with van der Waals surface area (Å²) in [6.45, 7) is 2.63. The van der Waals surface area contributed by atoms with Gasteiger partial charge in [0.05, 0.1) is 17.9 Å². The van der Waals surface area contributed by atoms with Gasteiger partial charge in [-0.25, -0.2) is 0 Å². The van der Waals surface area contributed by atoms with Gasteiger partial charge in [-0.15, -0.1) is 11.8 Å². The van der Waals surface area contributed by atoms with Crippen molar-refractivity contribution in [2.75, 3.05) is 35.9 Å². The summed E-state index contributed by atoms with van der Waals surface area (Å²) in [6, 6.07) is 11.4. The number of Topliss-reactive ketones (excluding diaryl/α,β-unsaturated/α-hetero) is 1. The molecule has 0 radical (unpaired) electrons. The zero-order chi connectivity index (χ0) is 18.8. The summed E-state index contributed by atoms with van der Waals surface area (Å²) in [5.74, 6) is 1.79. The molecule has 1 N–H and O–H groups in total. The Labute approximate surface area is 161 Å². The van der Waals surface area contributed by atoms with Gasteiger partial charge in [0, 0.05) is 23.1 Å². The quantitative estimate of drug-likeness (QED) is 0.813. The van der Waals surface area contributed by atoms with E-state index in [-0.39, 0.29) is 25.0 Å². The van der Waals surface area contributed by atoms with Crippen molar-refractivity contribution in [3.63, 3.8) is 0 Å². The molecule has 2 aromatic rings. The number of carbonyl (C=O) groups is 2. The van der Waals surface area contributed by atoms with Gasteiger partial charge in [0.2, 0.25) is 12.7 Å². The second kappa shape index (κ2) is 7.52. The molecule has 0 aromatic heterocycles. The van der Waals surface area contributed by atoms with Gasteiger partial charge in [-0.3, -0.25) is 9.59 Å². The number of para-hydroxylation sites is 1. The summed E-state index contributed by atoms with van der Waals surface area (Å²) in [7, 11) is 0. The minimum absolute atomic E-state index is 0.117. The van der Waals surface area contributed by atoms with E-state index in [9.17, 15) is 9.59 Å². The Morgan fingerprint density at radius 3 is 2.78 bits per heavy atom. The molecule has 4 rings (SSSR count). The first-order valence-electron chi connectivity index (χ1n) is 8.83. The van der Waals surface area contributed by atoms with Crippen molar-refractivity contribution in [2.24, 2.45) is 0 Å². The van der Waals surface area contributed by atoms with Gasteiger partial charge in [-0.1, -0.05) is 12.1 Å². The third-order valence-corrected chi connectivity index (χ3v) is 5.69. The lowest BCUT2D eigenvalue weighted by atomic mass is 10.1. The van der Waals surface area contributed by atoms with Crippen LogP contribution in [0.4, 0.5) is 11.4 Å². The molecule has 0 fully saturated rings. The van der Waals surface area contributed by atoms with E-state index < -0.39 is 0 Å². The first-order chi connectivity index (χ1) is 13.1. The molecule has 0 saturated carbocycles. The average molecular weight is 384 g/mol. The molecule has 1 amide bonds. The number of fused-ring (bicyclic) bond motifs is 2. The van der Waals surface area contributed by atoms with E-state index in [4.69, 9.17) is 9.47 Å². The molecule has 0 spiro atoms. The Balaban J connectivity index is 1.54. The molecule has 0 saturated heterocycles. The molecule has 2 aliphatic rings. The lowest BCUT2D eigenvalue weighted by molar-refractivity contribution is -0.115. The number of ketones is 1. The Morgan fingerprint density at radius 2 is 1.96 bits per heavy atom. The number of ether oxygens (including phenoxy) is 2. The second-order valence-corrected chi connectivity index (χ2v) is 7.58. The Hall–Kier alpha value is -2.67.